The Labute approximate surface area is 240 Å². The van der Waals surface area contributed by atoms with Gasteiger partial charge in [0.15, 0.2) is 11.6 Å². The zero-order chi connectivity index (χ0) is 29.5. The van der Waals surface area contributed by atoms with E-state index in [0.717, 1.165) is 29.8 Å². The van der Waals surface area contributed by atoms with Crippen LogP contribution in [0, 0.1) is 25.2 Å². The molecular formula is C29H38N10O2. The van der Waals surface area contributed by atoms with Crippen molar-refractivity contribution in [2.45, 2.75) is 71.9 Å². The van der Waals surface area contributed by atoms with Crippen LogP contribution in [0.25, 0.3) is 0 Å². The van der Waals surface area contributed by atoms with Crippen LogP contribution in [0.4, 0.5) is 33.9 Å². The minimum absolute atomic E-state index is 0.0759. The fourth-order valence-electron chi connectivity index (χ4n) is 5.01. The smallest absolute Gasteiger partial charge is 0.410 e. The lowest BCUT2D eigenvalue weighted by molar-refractivity contribution is 0.0159. The lowest BCUT2D eigenvalue weighted by atomic mass is 10.0. The lowest BCUT2D eigenvalue weighted by Crippen LogP contribution is -2.55. The molecule has 2 N–H and O–H groups in total. The molecule has 4 heterocycles. The van der Waals surface area contributed by atoms with E-state index in [4.69, 9.17) is 9.72 Å². The van der Waals surface area contributed by atoms with Crippen LogP contribution in [0.3, 0.4) is 0 Å². The Kier molecular flexibility index (Phi) is 7.46. The molecule has 2 fully saturated rings. The number of hydrogen-bond donors (Lipinski definition) is 2. The van der Waals surface area contributed by atoms with Gasteiger partial charge in [-0.05, 0) is 71.9 Å². The van der Waals surface area contributed by atoms with Crippen LogP contribution in [0.5, 0.6) is 0 Å². The van der Waals surface area contributed by atoms with E-state index in [-0.39, 0.29) is 12.1 Å². The summed E-state index contributed by atoms with van der Waals surface area (Å²) < 4.78 is 7.41. The molecule has 1 aliphatic heterocycles. The molecule has 3 aromatic rings. The number of hydrogen-bond acceptors (Lipinski definition) is 10. The molecular weight excluding hydrogens is 520 g/mol. The second-order valence-electron chi connectivity index (χ2n) is 11.9. The molecule has 0 unspecified atom stereocenters. The number of rotatable bonds is 6. The Balaban J connectivity index is 1.42. The molecule has 1 amide bonds. The quantitative estimate of drug-likeness (QED) is 0.429. The van der Waals surface area contributed by atoms with Crippen LogP contribution >= 0.6 is 0 Å². The van der Waals surface area contributed by atoms with Gasteiger partial charge in [0.05, 0.1) is 23.1 Å². The molecule has 1 saturated heterocycles. The molecule has 5 rings (SSSR count). The predicted octanol–water partition coefficient (Wildman–Crippen LogP) is 4.90. The highest BCUT2D eigenvalue weighted by Crippen LogP contribution is 2.43. The molecule has 0 spiro atoms. The summed E-state index contributed by atoms with van der Waals surface area (Å²) >= 11 is 0. The van der Waals surface area contributed by atoms with Gasteiger partial charge in [0.2, 0.25) is 5.95 Å². The number of carbonyl (C=O) groups excluding carboxylic acids is 1. The van der Waals surface area contributed by atoms with Crippen LogP contribution in [-0.4, -0.2) is 67.0 Å². The molecule has 2 aliphatic rings. The zero-order valence-corrected chi connectivity index (χ0v) is 24.8. The second kappa shape index (κ2) is 10.9. The van der Waals surface area contributed by atoms with Crippen molar-refractivity contribution in [1.82, 2.24) is 29.6 Å². The molecule has 41 heavy (non-hydrogen) atoms. The number of aryl methyl sites for hydroxylation is 3. The van der Waals surface area contributed by atoms with Crippen molar-refractivity contribution in [2.75, 3.05) is 35.2 Å². The lowest BCUT2D eigenvalue weighted by Gasteiger charge is -2.41. The van der Waals surface area contributed by atoms with Crippen molar-refractivity contribution >= 4 is 35.2 Å². The highest BCUT2D eigenvalue weighted by Gasteiger charge is 2.32. The van der Waals surface area contributed by atoms with E-state index in [1.54, 1.807) is 15.8 Å². The summed E-state index contributed by atoms with van der Waals surface area (Å²) in [6, 6.07) is 6.12. The van der Waals surface area contributed by atoms with Crippen molar-refractivity contribution < 1.29 is 9.53 Å². The summed E-state index contributed by atoms with van der Waals surface area (Å²) in [7, 11) is 1.89. The minimum Gasteiger partial charge on any atom is -0.444 e. The summed E-state index contributed by atoms with van der Waals surface area (Å²) in [5, 5.41) is 20.8. The topological polar surface area (TPSA) is 137 Å². The highest BCUT2D eigenvalue weighted by atomic mass is 16.6. The first-order valence-electron chi connectivity index (χ1n) is 14.0. The van der Waals surface area contributed by atoms with Crippen molar-refractivity contribution in [3.8, 4) is 6.07 Å². The standard InChI is InChI=1S/C29H38N10O2/c1-17-12-25(36-37(17)7)33-26-23(38-10-11-39(18(2)16-38)28(40)41-29(4,5)6)15-31-27(35-26)34-24-13-21(20-8-9-20)22(14-30)19(3)32-24/h12-13,15,18,20H,8-11,16H2,1-7H3,(H2,31,32,33,34,35,36)/t18-/m1/s1. The third-order valence-corrected chi connectivity index (χ3v) is 7.33. The van der Waals surface area contributed by atoms with Gasteiger partial charge in [-0.25, -0.2) is 14.8 Å². The van der Waals surface area contributed by atoms with Gasteiger partial charge in [-0.15, -0.1) is 0 Å². The van der Waals surface area contributed by atoms with Crippen molar-refractivity contribution in [3.05, 3.63) is 40.8 Å². The highest BCUT2D eigenvalue weighted by molar-refractivity contribution is 5.73. The van der Waals surface area contributed by atoms with E-state index in [1.165, 1.54) is 0 Å². The van der Waals surface area contributed by atoms with Gasteiger partial charge in [-0.2, -0.15) is 15.3 Å². The Hall–Kier alpha value is -4.40. The predicted molar refractivity (Wildman–Crippen MR) is 157 cm³/mol. The average Bonchev–Trinajstić information content (AvgIpc) is 3.68. The van der Waals surface area contributed by atoms with Gasteiger partial charge in [0.1, 0.15) is 17.5 Å². The van der Waals surface area contributed by atoms with Crippen LogP contribution < -0.4 is 15.5 Å². The number of pyridine rings is 1. The number of ether oxygens (including phenoxy) is 1. The SMILES string of the molecule is Cc1nc(Nc2ncc(N3CCN(C(=O)OC(C)(C)C)[C@H](C)C3)c(Nc3cc(C)n(C)n3)n2)cc(C2CC2)c1C#N. The number of carbonyl (C=O) groups is 1. The van der Waals surface area contributed by atoms with Crippen molar-refractivity contribution in [1.29, 1.82) is 5.26 Å². The zero-order valence-electron chi connectivity index (χ0n) is 24.8. The van der Waals surface area contributed by atoms with E-state index < -0.39 is 5.60 Å². The molecule has 216 valence electrons. The average molecular weight is 559 g/mol. The van der Waals surface area contributed by atoms with Crippen LogP contribution in [-0.2, 0) is 11.8 Å². The maximum Gasteiger partial charge on any atom is 0.410 e. The number of piperazine rings is 1. The largest absolute Gasteiger partial charge is 0.444 e. The molecule has 3 aromatic heterocycles. The van der Waals surface area contributed by atoms with E-state index in [0.29, 0.717) is 60.2 Å². The molecule has 0 radical (unpaired) electrons. The maximum absolute atomic E-state index is 12.8. The van der Waals surface area contributed by atoms with E-state index >= 15 is 0 Å². The van der Waals surface area contributed by atoms with Crippen LogP contribution in [0.15, 0.2) is 18.3 Å². The Bertz CT molecular complexity index is 1480. The first-order valence-corrected chi connectivity index (χ1v) is 14.0. The fraction of sp³-hybridized carbons (Fsp3) is 0.517. The number of nitriles is 1. The minimum atomic E-state index is -0.551. The van der Waals surface area contributed by atoms with E-state index in [2.05, 4.69) is 36.7 Å². The number of aromatic nitrogens is 5. The van der Waals surface area contributed by atoms with Crippen molar-refractivity contribution in [3.63, 3.8) is 0 Å². The van der Waals surface area contributed by atoms with Crippen molar-refractivity contribution in [2.24, 2.45) is 7.05 Å². The number of nitrogens with zero attached hydrogens (tertiary/aromatic N) is 8. The molecule has 0 aromatic carbocycles. The van der Waals surface area contributed by atoms with Crippen LogP contribution in [0.2, 0.25) is 0 Å². The van der Waals surface area contributed by atoms with Gasteiger partial charge in [-0.1, -0.05) is 0 Å². The molecule has 0 bridgehead atoms. The normalized spacial score (nSPS) is 17.3. The number of anilines is 5. The van der Waals surface area contributed by atoms with Gasteiger partial charge >= 0.3 is 6.09 Å². The summed E-state index contributed by atoms with van der Waals surface area (Å²) in [6.45, 7) is 13.2. The first-order chi connectivity index (χ1) is 19.4. The Morgan fingerprint density at radius 2 is 1.88 bits per heavy atom. The second-order valence-corrected chi connectivity index (χ2v) is 11.9. The number of nitrogens with one attached hydrogen (secondary N) is 2. The van der Waals surface area contributed by atoms with Crippen LogP contribution in [0.1, 0.15) is 69.0 Å². The van der Waals surface area contributed by atoms with Gasteiger partial charge in [0, 0.05) is 44.5 Å². The monoisotopic (exact) mass is 558 g/mol. The van der Waals surface area contributed by atoms with E-state index in [1.807, 2.05) is 60.7 Å². The summed E-state index contributed by atoms with van der Waals surface area (Å²) in [5.74, 6) is 2.64. The molecule has 1 saturated carbocycles. The van der Waals surface area contributed by atoms with Gasteiger partial charge < -0.3 is 25.2 Å². The summed E-state index contributed by atoms with van der Waals surface area (Å²) in [5.41, 5.74) is 3.63. The summed E-state index contributed by atoms with van der Waals surface area (Å²) in [6.07, 6.45) is 3.64. The fourth-order valence-corrected chi connectivity index (χ4v) is 5.01. The molecule has 1 atom stereocenters. The summed E-state index contributed by atoms with van der Waals surface area (Å²) in [4.78, 5) is 30.8. The van der Waals surface area contributed by atoms with Gasteiger partial charge in [-0.3, -0.25) is 4.68 Å². The molecule has 12 heteroatoms. The third-order valence-electron chi connectivity index (χ3n) is 7.33. The molecule has 12 nitrogen and oxygen atoms in total. The first kappa shape index (κ1) is 28.1. The molecule has 1 aliphatic carbocycles. The maximum atomic E-state index is 12.8. The Morgan fingerprint density at radius 1 is 1.12 bits per heavy atom. The van der Waals surface area contributed by atoms with E-state index in [9.17, 15) is 10.1 Å². The number of amides is 1. The van der Waals surface area contributed by atoms with Gasteiger partial charge in [0.25, 0.3) is 0 Å². The third kappa shape index (κ3) is 6.34. The Morgan fingerprint density at radius 3 is 2.49 bits per heavy atom.